The standard InChI is InChI=1S/C18H28N2O/c1-4-19-17(12-20-11-14-6-7-15(20)10-14)16-9-13(2)5-8-18(16)21-3/h5,8-9,14-15,17,19H,4,6-7,10-12H2,1-3H3. The van der Waals surface area contributed by atoms with E-state index in [9.17, 15) is 0 Å². The molecule has 2 fully saturated rings. The summed E-state index contributed by atoms with van der Waals surface area (Å²) in [6.45, 7) is 7.73. The Kier molecular flexibility index (Phi) is 4.51. The molecule has 1 heterocycles. The summed E-state index contributed by atoms with van der Waals surface area (Å²) in [5.41, 5.74) is 2.61. The van der Waals surface area contributed by atoms with Gasteiger partial charge >= 0.3 is 0 Å². The van der Waals surface area contributed by atoms with E-state index in [0.29, 0.717) is 6.04 Å². The Bertz CT molecular complexity index is 488. The van der Waals surface area contributed by atoms with E-state index in [1.54, 1.807) is 7.11 Å². The predicted molar refractivity (Wildman–Crippen MR) is 86.9 cm³/mol. The number of piperidine rings is 1. The summed E-state index contributed by atoms with van der Waals surface area (Å²) in [4.78, 5) is 2.70. The highest BCUT2D eigenvalue weighted by Crippen LogP contribution is 2.38. The minimum absolute atomic E-state index is 0.365. The van der Waals surface area contributed by atoms with Crippen LogP contribution in [0.1, 0.15) is 43.4 Å². The molecular weight excluding hydrogens is 260 g/mol. The number of benzene rings is 1. The molecule has 3 unspecified atom stereocenters. The van der Waals surface area contributed by atoms with Crippen molar-refractivity contribution in [2.75, 3.05) is 26.7 Å². The Morgan fingerprint density at radius 3 is 2.86 bits per heavy atom. The Hall–Kier alpha value is -1.06. The molecule has 116 valence electrons. The second kappa shape index (κ2) is 6.37. The normalized spacial score (nSPS) is 26.2. The molecule has 1 N–H and O–H groups in total. The molecule has 3 nitrogen and oxygen atoms in total. The van der Waals surface area contributed by atoms with Gasteiger partial charge in [-0.15, -0.1) is 0 Å². The van der Waals surface area contributed by atoms with Gasteiger partial charge in [-0.3, -0.25) is 4.90 Å². The molecule has 1 aromatic carbocycles. The molecule has 1 saturated heterocycles. The summed E-state index contributed by atoms with van der Waals surface area (Å²) < 4.78 is 5.60. The molecule has 3 atom stereocenters. The van der Waals surface area contributed by atoms with Crippen LogP contribution >= 0.6 is 0 Å². The first-order chi connectivity index (χ1) is 10.2. The lowest BCUT2D eigenvalue weighted by Gasteiger charge is -2.32. The number of likely N-dealkylation sites (tertiary alicyclic amines) is 1. The van der Waals surface area contributed by atoms with Crippen molar-refractivity contribution >= 4 is 0 Å². The van der Waals surface area contributed by atoms with Crippen LogP contribution in [0.15, 0.2) is 18.2 Å². The summed E-state index contributed by atoms with van der Waals surface area (Å²) in [6.07, 6.45) is 4.26. The maximum Gasteiger partial charge on any atom is 0.123 e. The zero-order chi connectivity index (χ0) is 14.8. The highest BCUT2D eigenvalue weighted by molar-refractivity contribution is 5.39. The van der Waals surface area contributed by atoms with Crippen LogP contribution in [0.4, 0.5) is 0 Å². The minimum Gasteiger partial charge on any atom is -0.496 e. The van der Waals surface area contributed by atoms with Gasteiger partial charge in [0.05, 0.1) is 7.11 Å². The van der Waals surface area contributed by atoms with Gasteiger partial charge in [0.2, 0.25) is 0 Å². The van der Waals surface area contributed by atoms with E-state index in [0.717, 1.165) is 30.8 Å². The van der Waals surface area contributed by atoms with Crippen molar-refractivity contribution in [3.05, 3.63) is 29.3 Å². The summed E-state index contributed by atoms with van der Waals surface area (Å²) in [5, 5.41) is 3.67. The lowest BCUT2D eigenvalue weighted by molar-refractivity contribution is 0.191. The number of nitrogens with one attached hydrogen (secondary N) is 1. The van der Waals surface area contributed by atoms with Crippen LogP contribution < -0.4 is 10.1 Å². The first kappa shape index (κ1) is 14.9. The summed E-state index contributed by atoms with van der Waals surface area (Å²) in [5.74, 6) is 1.97. The third kappa shape index (κ3) is 3.09. The summed E-state index contributed by atoms with van der Waals surface area (Å²) >= 11 is 0. The van der Waals surface area contributed by atoms with Crippen molar-refractivity contribution in [2.24, 2.45) is 5.92 Å². The van der Waals surface area contributed by atoms with Gasteiger partial charge in [0.15, 0.2) is 0 Å². The monoisotopic (exact) mass is 288 g/mol. The number of fused-ring (bicyclic) bond motifs is 2. The Morgan fingerprint density at radius 1 is 1.38 bits per heavy atom. The van der Waals surface area contributed by atoms with Crippen molar-refractivity contribution < 1.29 is 4.74 Å². The van der Waals surface area contributed by atoms with Crippen molar-refractivity contribution in [1.82, 2.24) is 10.2 Å². The Labute approximate surface area is 128 Å². The molecule has 21 heavy (non-hydrogen) atoms. The first-order valence-corrected chi connectivity index (χ1v) is 8.33. The van der Waals surface area contributed by atoms with Crippen LogP contribution in [0.3, 0.4) is 0 Å². The number of likely N-dealkylation sites (N-methyl/N-ethyl adjacent to an activating group) is 1. The third-order valence-electron chi connectivity index (χ3n) is 5.15. The van der Waals surface area contributed by atoms with Gasteiger partial charge in [0.25, 0.3) is 0 Å². The topological polar surface area (TPSA) is 24.5 Å². The number of methoxy groups -OCH3 is 1. The maximum atomic E-state index is 5.60. The van der Waals surface area contributed by atoms with Gasteiger partial charge in [-0.2, -0.15) is 0 Å². The number of hydrogen-bond donors (Lipinski definition) is 1. The molecule has 2 bridgehead atoms. The van der Waals surface area contributed by atoms with E-state index in [-0.39, 0.29) is 0 Å². The lowest BCUT2D eigenvalue weighted by Crippen LogP contribution is -2.39. The average Bonchev–Trinajstić information content (AvgIpc) is 3.09. The largest absolute Gasteiger partial charge is 0.496 e. The molecule has 1 aliphatic heterocycles. The van der Waals surface area contributed by atoms with E-state index >= 15 is 0 Å². The van der Waals surface area contributed by atoms with Crippen molar-refractivity contribution in [1.29, 1.82) is 0 Å². The number of rotatable bonds is 6. The molecule has 2 aliphatic rings. The molecule has 1 saturated carbocycles. The number of ether oxygens (including phenoxy) is 1. The van der Waals surface area contributed by atoms with Crippen molar-refractivity contribution in [3.63, 3.8) is 0 Å². The van der Waals surface area contributed by atoms with Crippen molar-refractivity contribution in [3.8, 4) is 5.75 Å². The molecule has 0 aromatic heterocycles. The van der Waals surface area contributed by atoms with E-state index in [2.05, 4.69) is 42.3 Å². The maximum absolute atomic E-state index is 5.60. The van der Waals surface area contributed by atoms with Gasteiger partial charge in [-0.1, -0.05) is 24.6 Å². The molecule has 1 aromatic rings. The molecular formula is C18H28N2O. The van der Waals surface area contributed by atoms with Gasteiger partial charge in [-0.25, -0.2) is 0 Å². The van der Waals surface area contributed by atoms with Crippen LogP contribution in [0.25, 0.3) is 0 Å². The molecule has 3 rings (SSSR count). The summed E-state index contributed by atoms with van der Waals surface area (Å²) in [6, 6.07) is 7.70. The van der Waals surface area contributed by atoms with Crippen molar-refractivity contribution in [2.45, 2.75) is 45.2 Å². The van der Waals surface area contributed by atoms with Crippen LogP contribution in [0.5, 0.6) is 5.75 Å². The van der Waals surface area contributed by atoms with Crippen LogP contribution in [-0.4, -0.2) is 37.7 Å². The fraction of sp³-hybridized carbons (Fsp3) is 0.667. The van der Waals surface area contributed by atoms with Gasteiger partial charge in [0, 0.05) is 30.7 Å². The first-order valence-electron chi connectivity index (χ1n) is 8.33. The average molecular weight is 288 g/mol. The van der Waals surface area contributed by atoms with Gasteiger partial charge in [-0.05, 0) is 44.7 Å². The molecule has 0 spiro atoms. The molecule has 0 radical (unpaired) electrons. The van der Waals surface area contributed by atoms with Crippen LogP contribution in [0, 0.1) is 12.8 Å². The SMILES string of the molecule is CCNC(CN1CC2CCC1C2)c1cc(C)ccc1OC. The molecule has 1 aliphatic carbocycles. The Balaban J connectivity index is 1.79. The summed E-state index contributed by atoms with van der Waals surface area (Å²) in [7, 11) is 1.77. The zero-order valence-corrected chi connectivity index (χ0v) is 13.6. The predicted octanol–water partition coefficient (Wildman–Crippen LogP) is 3.14. The van der Waals surface area contributed by atoms with Gasteiger partial charge in [0.1, 0.15) is 5.75 Å². The fourth-order valence-electron chi connectivity index (χ4n) is 4.13. The molecule has 0 amide bonds. The van der Waals surface area contributed by atoms with E-state index < -0.39 is 0 Å². The molecule has 3 heteroatoms. The van der Waals surface area contributed by atoms with Crippen LogP contribution in [-0.2, 0) is 0 Å². The number of nitrogens with zero attached hydrogens (tertiary/aromatic N) is 1. The highest BCUT2D eigenvalue weighted by Gasteiger charge is 2.38. The Morgan fingerprint density at radius 2 is 2.24 bits per heavy atom. The second-order valence-electron chi connectivity index (χ2n) is 6.64. The lowest BCUT2D eigenvalue weighted by atomic mass is 10.0. The third-order valence-corrected chi connectivity index (χ3v) is 5.15. The minimum atomic E-state index is 0.365. The fourth-order valence-corrected chi connectivity index (χ4v) is 4.13. The smallest absolute Gasteiger partial charge is 0.123 e. The highest BCUT2D eigenvalue weighted by atomic mass is 16.5. The zero-order valence-electron chi connectivity index (χ0n) is 13.6. The van der Waals surface area contributed by atoms with E-state index in [4.69, 9.17) is 4.74 Å². The number of hydrogen-bond acceptors (Lipinski definition) is 3. The number of aryl methyl sites for hydroxylation is 1. The second-order valence-corrected chi connectivity index (χ2v) is 6.64. The quantitative estimate of drug-likeness (QED) is 0.870. The van der Waals surface area contributed by atoms with E-state index in [1.165, 1.54) is 36.9 Å². The van der Waals surface area contributed by atoms with Gasteiger partial charge < -0.3 is 10.1 Å². The van der Waals surface area contributed by atoms with E-state index in [1.807, 2.05) is 0 Å². The van der Waals surface area contributed by atoms with Crippen LogP contribution in [0.2, 0.25) is 0 Å².